The summed E-state index contributed by atoms with van der Waals surface area (Å²) in [6.45, 7) is 3.35. The van der Waals surface area contributed by atoms with Gasteiger partial charge >= 0.3 is 0 Å². The van der Waals surface area contributed by atoms with Gasteiger partial charge in [0.25, 0.3) is 5.56 Å². The lowest BCUT2D eigenvalue weighted by atomic mass is 10.2. The largest absolute Gasteiger partial charge is 0.391 e. The Morgan fingerprint density at radius 1 is 1.31 bits per heavy atom. The van der Waals surface area contributed by atoms with E-state index in [1.54, 1.807) is 38.1 Å². The van der Waals surface area contributed by atoms with Crippen LogP contribution in [0.15, 0.2) is 29.1 Å². The highest BCUT2D eigenvalue weighted by atomic mass is 16.3. The fourth-order valence-electron chi connectivity index (χ4n) is 1.47. The van der Waals surface area contributed by atoms with Crippen molar-refractivity contribution < 1.29 is 5.11 Å². The molecule has 0 aliphatic rings. The van der Waals surface area contributed by atoms with E-state index in [9.17, 15) is 9.90 Å². The van der Waals surface area contributed by atoms with Gasteiger partial charge < -0.3 is 5.11 Å². The normalized spacial score (nSPS) is 14.9. The molecule has 2 aromatic rings. The molecule has 1 aromatic heterocycles. The first-order valence-corrected chi connectivity index (χ1v) is 5.13. The number of aliphatic hydroxyl groups excluding tert-OH is 1. The van der Waals surface area contributed by atoms with E-state index in [-0.39, 0.29) is 11.6 Å². The Labute approximate surface area is 92.3 Å². The van der Waals surface area contributed by atoms with Gasteiger partial charge in [-0.2, -0.15) is 0 Å². The smallest absolute Gasteiger partial charge is 0.277 e. The van der Waals surface area contributed by atoms with Gasteiger partial charge in [-0.3, -0.25) is 4.79 Å². The number of aliphatic hydroxyl groups is 1. The summed E-state index contributed by atoms with van der Waals surface area (Å²) < 4.78 is 1.22. The fourth-order valence-corrected chi connectivity index (χ4v) is 1.47. The highest BCUT2D eigenvalue weighted by Crippen LogP contribution is 2.09. The van der Waals surface area contributed by atoms with Crippen LogP contribution in [-0.2, 0) is 0 Å². The number of nitrogens with zero attached hydrogens (tertiary/aromatic N) is 3. The molecule has 2 atom stereocenters. The number of hydrogen-bond acceptors (Lipinski definition) is 4. The summed E-state index contributed by atoms with van der Waals surface area (Å²) >= 11 is 0. The zero-order chi connectivity index (χ0) is 11.7. The zero-order valence-corrected chi connectivity index (χ0v) is 9.16. The minimum atomic E-state index is -0.645. The van der Waals surface area contributed by atoms with Gasteiger partial charge in [0.15, 0.2) is 0 Å². The molecule has 0 aliphatic heterocycles. The van der Waals surface area contributed by atoms with Crippen LogP contribution >= 0.6 is 0 Å². The van der Waals surface area contributed by atoms with E-state index in [1.165, 1.54) is 4.68 Å². The van der Waals surface area contributed by atoms with Crippen LogP contribution in [0, 0.1) is 0 Å². The molecule has 84 valence electrons. The van der Waals surface area contributed by atoms with Crippen LogP contribution in [0.3, 0.4) is 0 Å². The Balaban J connectivity index is 2.66. The molecule has 0 fully saturated rings. The molecular weight excluding hydrogens is 206 g/mol. The summed E-state index contributed by atoms with van der Waals surface area (Å²) in [5.74, 6) is 0. The molecule has 5 nitrogen and oxygen atoms in total. The molecule has 0 amide bonds. The van der Waals surface area contributed by atoms with Crippen molar-refractivity contribution in [2.75, 3.05) is 0 Å². The third-order valence-electron chi connectivity index (χ3n) is 2.68. The van der Waals surface area contributed by atoms with Gasteiger partial charge in [0.05, 0.1) is 17.5 Å². The number of benzene rings is 1. The summed E-state index contributed by atoms with van der Waals surface area (Å²) in [4.78, 5) is 12.0. The summed E-state index contributed by atoms with van der Waals surface area (Å²) in [5, 5.41) is 17.7. The minimum Gasteiger partial charge on any atom is -0.391 e. The standard InChI is InChI=1S/C11H13N3O2/c1-7(8(2)15)14-11(16)9-5-3-4-6-10(9)12-13-14/h3-8,15H,1-2H3. The summed E-state index contributed by atoms with van der Waals surface area (Å²) in [6, 6.07) is 6.64. The van der Waals surface area contributed by atoms with Crippen molar-refractivity contribution in [3.05, 3.63) is 34.6 Å². The van der Waals surface area contributed by atoms with Crippen molar-refractivity contribution in [3.63, 3.8) is 0 Å². The van der Waals surface area contributed by atoms with E-state index >= 15 is 0 Å². The molecule has 0 saturated heterocycles. The maximum absolute atomic E-state index is 12.0. The third-order valence-corrected chi connectivity index (χ3v) is 2.68. The van der Waals surface area contributed by atoms with E-state index in [2.05, 4.69) is 10.3 Å². The lowest BCUT2D eigenvalue weighted by molar-refractivity contribution is 0.128. The van der Waals surface area contributed by atoms with Crippen LogP contribution in [0.4, 0.5) is 0 Å². The van der Waals surface area contributed by atoms with Crippen LogP contribution in [0.25, 0.3) is 10.9 Å². The molecule has 1 aromatic carbocycles. The van der Waals surface area contributed by atoms with Gasteiger partial charge in [0.1, 0.15) is 5.52 Å². The monoisotopic (exact) mass is 219 g/mol. The van der Waals surface area contributed by atoms with Crippen LogP contribution in [0.5, 0.6) is 0 Å². The van der Waals surface area contributed by atoms with E-state index in [0.717, 1.165) is 0 Å². The van der Waals surface area contributed by atoms with Crippen molar-refractivity contribution in [2.24, 2.45) is 0 Å². The molecule has 0 radical (unpaired) electrons. The predicted molar refractivity (Wildman–Crippen MR) is 60.2 cm³/mol. The quantitative estimate of drug-likeness (QED) is 0.808. The molecule has 2 rings (SSSR count). The SMILES string of the molecule is CC(O)C(C)n1nnc2ccccc2c1=O. The number of fused-ring (bicyclic) bond motifs is 1. The second-order valence-electron chi connectivity index (χ2n) is 3.84. The van der Waals surface area contributed by atoms with Gasteiger partial charge in [0, 0.05) is 0 Å². The van der Waals surface area contributed by atoms with Gasteiger partial charge in [-0.15, -0.1) is 5.10 Å². The fraction of sp³-hybridized carbons (Fsp3) is 0.364. The van der Waals surface area contributed by atoms with Crippen LogP contribution in [0.2, 0.25) is 0 Å². The van der Waals surface area contributed by atoms with Crippen LogP contribution < -0.4 is 5.56 Å². The predicted octanol–water partition coefficient (Wildman–Crippen LogP) is 0.733. The maximum Gasteiger partial charge on any atom is 0.277 e. The number of aromatic nitrogens is 3. The molecule has 0 bridgehead atoms. The third kappa shape index (κ3) is 1.69. The van der Waals surface area contributed by atoms with Gasteiger partial charge in [-0.1, -0.05) is 17.3 Å². The molecule has 1 heterocycles. The van der Waals surface area contributed by atoms with Gasteiger partial charge in [-0.05, 0) is 26.0 Å². The average molecular weight is 219 g/mol. The highest BCUT2D eigenvalue weighted by Gasteiger charge is 2.15. The topological polar surface area (TPSA) is 68.0 Å². The average Bonchev–Trinajstić information content (AvgIpc) is 2.29. The van der Waals surface area contributed by atoms with E-state index in [4.69, 9.17) is 0 Å². The Kier molecular flexibility index (Phi) is 2.70. The van der Waals surface area contributed by atoms with Crippen molar-refractivity contribution in [2.45, 2.75) is 26.0 Å². The van der Waals surface area contributed by atoms with Crippen LogP contribution in [0.1, 0.15) is 19.9 Å². The molecule has 0 aliphatic carbocycles. The lowest BCUT2D eigenvalue weighted by Crippen LogP contribution is -2.32. The first-order valence-electron chi connectivity index (χ1n) is 5.13. The van der Waals surface area contributed by atoms with Crippen molar-refractivity contribution in [3.8, 4) is 0 Å². The van der Waals surface area contributed by atoms with E-state index in [0.29, 0.717) is 10.9 Å². The Morgan fingerprint density at radius 2 is 2.00 bits per heavy atom. The Morgan fingerprint density at radius 3 is 2.69 bits per heavy atom. The lowest BCUT2D eigenvalue weighted by Gasteiger charge is -2.15. The first-order chi connectivity index (χ1) is 7.61. The van der Waals surface area contributed by atoms with Crippen molar-refractivity contribution >= 4 is 10.9 Å². The summed E-state index contributed by atoms with van der Waals surface area (Å²) in [5.41, 5.74) is 0.348. The molecule has 0 saturated carbocycles. The summed E-state index contributed by atoms with van der Waals surface area (Å²) in [7, 11) is 0. The maximum atomic E-state index is 12.0. The first kappa shape index (κ1) is 10.8. The molecule has 5 heteroatoms. The summed E-state index contributed by atoms with van der Waals surface area (Å²) in [6.07, 6.45) is -0.645. The van der Waals surface area contributed by atoms with Gasteiger partial charge in [-0.25, -0.2) is 4.68 Å². The Hall–Kier alpha value is -1.75. The number of hydrogen-bond donors (Lipinski definition) is 1. The molecule has 0 spiro atoms. The molecule has 1 N–H and O–H groups in total. The highest BCUT2D eigenvalue weighted by molar-refractivity contribution is 5.76. The van der Waals surface area contributed by atoms with Crippen molar-refractivity contribution in [1.82, 2.24) is 15.0 Å². The van der Waals surface area contributed by atoms with E-state index in [1.807, 2.05) is 0 Å². The molecular formula is C11H13N3O2. The zero-order valence-electron chi connectivity index (χ0n) is 9.16. The van der Waals surface area contributed by atoms with Gasteiger partial charge in [0.2, 0.25) is 0 Å². The van der Waals surface area contributed by atoms with E-state index < -0.39 is 6.10 Å². The Bertz CT molecular complexity index is 562. The van der Waals surface area contributed by atoms with Crippen molar-refractivity contribution in [1.29, 1.82) is 0 Å². The number of rotatable bonds is 2. The van der Waals surface area contributed by atoms with Crippen LogP contribution in [-0.4, -0.2) is 26.2 Å². The molecule has 16 heavy (non-hydrogen) atoms. The molecule has 2 unspecified atom stereocenters. The minimum absolute atomic E-state index is 0.223. The second kappa shape index (κ2) is 4.02. The second-order valence-corrected chi connectivity index (χ2v) is 3.84.